The first kappa shape index (κ1) is 18.3. The van der Waals surface area contributed by atoms with Gasteiger partial charge in [0.1, 0.15) is 17.9 Å². The minimum atomic E-state index is -1.44. The second-order valence-corrected chi connectivity index (χ2v) is 5.58. The molecule has 1 fully saturated rings. The first-order valence-corrected chi connectivity index (χ1v) is 7.65. The van der Waals surface area contributed by atoms with Gasteiger partial charge in [0.05, 0.1) is 12.2 Å². The SMILES string of the molecule is CCOC(=O)CC(=O)c1cc(F)c(N2CCN(C)CC2)c(F)c1F. The predicted molar refractivity (Wildman–Crippen MR) is 81.6 cm³/mol. The van der Waals surface area contributed by atoms with Gasteiger partial charge in [-0.15, -0.1) is 0 Å². The number of halogens is 3. The van der Waals surface area contributed by atoms with Crippen molar-refractivity contribution in [1.29, 1.82) is 0 Å². The van der Waals surface area contributed by atoms with Gasteiger partial charge >= 0.3 is 5.97 Å². The van der Waals surface area contributed by atoms with Crippen LogP contribution in [0, 0.1) is 17.5 Å². The summed E-state index contributed by atoms with van der Waals surface area (Å²) in [5, 5.41) is 0. The average molecular weight is 344 g/mol. The van der Waals surface area contributed by atoms with Crippen molar-refractivity contribution in [2.45, 2.75) is 13.3 Å². The van der Waals surface area contributed by atoms with Crippen molar-refractivity contribution in [1.82, 2.24) is 4.90 Å². The summed E-state index contributed by atoms with van der Waals surface area (Å²) in [6, 6.07) is 0.646. The smallest absolute Gasteiger partial charge is 0.313 e. The number of likely N-dealkylation sites (N-methyl/N-ethyl adjacent to an activating group) is 1. The summed E-state index contributed by atoms with van der Waals surface area (Å²) < 4.78 is 47.4. The minimum absolute atomic E-state index is 0.0552. The van der Waals surface area contributed by atoms with Gasteiger partial charge in [0.2, 0.25) is 0 Å². The van der Waals surface area contributed by atoms with Crippen LogP contribution in [0.5, 0.6) is 0 Å². The molecule has 0 unspecified atom stereocenters. The number of anilines is 1. The Morgan fingerprint density at radius 1 is 1.12 bits per heavy atom. The molecule has 1 aromatic carbocycles. The van der Waals surface area contributed by atoms with Crippen LogP contribution in [0.25, 0.3) is 0 Å². The topological polar surface area (TPSA) is 49.9 Å². The van der Waals surface area contributed by atoms with Gasteiger partial charge in [-0.25, -0.2) is 13.2 Å². The van der Waals surface area contributed by atoms with E-state index in [1.165, 1.54) is 4.90 Å². The number of nitrogens with zero attached hydrogens (tertiary/aromatic N) is 2. The number of hydrogen-bond donors (Lipinski definition) is 0. The number of benzene rings is 1. The Morgan fingerprint density at radius 3 is 2.33 bits per heavy atom. The number of hydrogen-bond acceptors (Lipinski definition) is 5. The number of ketones is 1. The molecule has 0 aromatic heterocycles. The highest BCUT2D eigenvalue weighted by Gasteiger charge is 2.28. The summed E-state index contributed by atoms with van der Waals surface area (Å²) in [5.41, 5.74) is -1.26. The standard InChI is InChI=1S/C16H19F3N2O3/c1-3-24-13(23)9-12(22)10-8-11(17)16(15(19)14(10)18)21-6-4-20(2)5-7-21/h8H,3-7,9H2,1-2H3. The molecule has 1 aliphatic heterocycles. The third kappa shape index (κ3) is 3.87. The van der Waals surface area contributed by atoms with Crippen molar-refractivity contribution in [2.24, 2.45) is 0 Å². The van der Waals surface area contributed by atoms with Crippen LogP contribution in [0.4, 0.5) is 18.9 Å². The number of Topliss-reactive ketones (excluding diaryl/α,β-unsaturated/α-hetero) is 1. The number of ether oxygens (including phenoxy) is 1. The summed E-state index contributed by atoms with van der Waals surface area (Å²) in [6.07, 6.45) is -0.766. The van der Waals surface area contributed by atoms with Crippen molar-refractivity contribution in [2.75, 3.05) is 44.7 Å². The molecule has 0 bridgehead atoms. The first-order chi connectivity index (χ1) is 11.3. The van der Waals surface area contributed by atoms with E-state index in [0.717, 1.165) is 0 Å². The molecule has 0 radical (unpaired) electrons. The third-order valence-electron chi connectivity index (χ3n) is 3.86. The lowest BCUT2D eigenvalue weighted by molar-refractivity contribution is -0.141. The molecule has 24 heavy (non-hydrogen) atoms. The van der Waals surface area contributed by atoms with Crippen LogP contribution in [0.15, 0.2) is 6.07 Å². The van der Waals surface area contributed by atoms with Crippen LogP contribution in [0.3, 0.4) is 0 Å². The lowest BCUT2D eigenvalue weighted by Gasteiger charge is -2.34. The van der Waals surface area contributed by atoms with Crippen LogP contribution >= 0.6 is 0 Å². The van der Waals surface area contributed by atoms with E-state index in [4.69, 9.17) is 0 Å². The zero-order valence-corrected chi connectivity index (χ0v) is 13.6. The Balaban J connectivity index is 2.27. The van der Waals surface area contributed by atoms with E-state index in [0.29, 0.717) is 32.2 Å². The highest BCUT2D eigenvalue weighted by molar-refractivity contribution is 6.06. The van der Waals surface area contributed by atoms with Gasteiger partial charge in [-0.2, -0.15) is 0 Å². The predicted octanol–water partition coefficient (Wildman–Crippen LogP) is 1.99. The van der Waals surface area contributed by atoms with Gasteiger partial charge in [-0.1, -0.05) is 0 Å². The van der Waals surface area contributed by atoms with Crippen molar-refractivity contribution in [3.05, 3.63) is 29.1 Å². The van der Waals surface area contributed by atoms with E-state index in [9.17, 15) is 22.8 Å². The normalized spacial score (nSPS) is 15.5. The lowest BCUT2D eigenvalue weighted by Crippen LogP contribution is -2.45. The first-order valence-electron chi connectivity index (χ1n) is 7.65. The molecule has 0 saturated carbocycles. The van der Waals surface area contributed by atoms with Crippen molar-refractivity contribution >= 4 is 17.4 Å². The number of piperazine rings is 1. The van der Waals surface area contributed by atoms with E-state index < -0.39 is 46.9 Å². The third-order valence-corrected chi connectivity index (χ3v) is 3.86. The molecule has 5 nitrogen and oxygen atoms in total. The number of esters is 1. The second-order valence-electron chi connectivity index (χ2n) is 5.58. The summed E-state index contributed by atoms with van der Waals surface area (Å²) in [6.45, 7) is 3.47. The molecular formula is C16H19F3N2O3. The molecule has 0 aliphatic carbocycles. The monoisotopic (exact) mass is 344 g/mol. The van der Waals surface area contributed by atoms with Gasteiger partial charge in [-0.05, 0) is 20.0 Å². The number of rotatable bonds is 5. The Hall–Kier alpha value is -2.09. The maximum atomic E-state index is 14.3. The van der Waals surface area contributed by atoms with Gasteiger partial charge < -0.3 is 14.5 Å². The molecule has 0 amide bonds. The van der Waals surface area contributed by atoms with Crippen LogP contribution in [-0.2, 0) is 9.53 Å². The second kappa shape index (κ2) is 7.65. The Morgan fingerprint density at radius 2 is 1.75 bits per heavy atom. The van der Waals surface area contributed by atoms with Crippen LogP contribution < -0.4 is 4.90 Å². The molecule has 132 valence electrons. The quantitative estimate of drug-likeness (QED) is 0.354. The Labute approximate surface area is 138 Å². The van der Waals surface area contributed by atoms with Gasteiger partial charge in [-0.3, -0.25) is 9.59 Å². The highest BCUT2D eigenvalue weighted by Crippen LogP contribution is 2.29. The van der Waals surface area contributed by atoms with Crippen LogP contribution in [-0.4, -0.2) is 56.5 Å². The fourth-order valence-corrected chi connectivity index (χ4v) is 2.55. The van der Waals surface area contributed by atoms with Crippen LogP contribution in [0.1, 0.15) is 23.7 Å². The fourth-order valence-electron chi connectivity index (χ4n) is 2.55. The molecule has 1 saturated heterocycles. The van der Waals surface area contributed by atoms with E-state index in [-0.39, 0.29) is 6.61 Å². The van der Waals surface area contributed by atoms with Crippen LogP contribution in [0.2, 0.25) is 0 Å². The maximum absolute atomic E-state index is 14.3. The molecular weight excluding hydrogens is 325 g/mol. The molecule has 8 heteroatoms. The average Bonchev–Trinajstić information content (AvgIpc) is 2.53. The van der Waals surface area contributed by atoms with Crippen molar-refractivity contribution < 1.29 is 27.5 Å². The zero-order chi connectivity index (χ0) is 17.9. The molecule has 0 N–H and O–H groups in total. The van der Waals surface area contributed by atoms with Gasteiger partial charge in [0.25, 0.3) is 0 Å². The number of carbonyl (C=O) groups excluding carboxylic acids is 2. The summed E-state index contributed by atoms with van der Waals surface area (Å²) in [5.74, 6) is -5.77. The highest BCUT2D eigenvalue weighted by atomic mass is 19.2. The van der Waals surface area contributed by atoms with E-state index in [2.05, 4.69) is 4.74 Å². The fraction of sp³-hybridized carbons (Fsp3) is 0.500. The van der Waals surface area contributed by atoms with Gasteiger partial charge in [0.15, 0.2) is 17.4 Å². The molecule has 0 spiro atoms. The van der Waals surface area contributed by atoms with Crippen molar-refractivity contribution in [3.8, 4) is 0 Å². The molecule has 1 heterocycles. The van der Waals surface area contributed by atoms with Gasteiger partial charge in [0, 0.05) is 26.2 Å². The number of carbonyl (C=O) groups is 2. The summed E-state index contributed by atoms with van der Waals surface area (Å²) in [4.78, 5) is 26.6. The largest absolute Gasteiger partial charge is 0.466 e. The molecule has 0 atom stereocenters. The van der Waals surface area contributed by atoms with Crippen molar-refractivity contribution in [3.63, 3.8) is 0 Å². The summed E-state index contributed by atoms with van der Waals surface area (Å²) >= 11 is 0. The zero-order valence-electron chi connectivity index (χ0n) is 13.6. The Bertz CT molecular complexity index is 644. The maximum Gasteiger partial charge on any atom is 0.313 e. The molecule has 1 aromatic rings. The van der Waals surface area contributed by atoms with E-state index >= 15 is 0 Å². The minimum Gasteiger partial charge on any atom is -0.466 e. The molecule has 2 rings (SSSR count). The molecule has 1 aliphatic rings. The lowest BCUT2D eigenvalue weighted by atomic mass is 10.1. The summed E-state index contributed by atoms with van der Waals surface area (Å²) in [7, 11) is 1.88. The van der Waals surface area contributed by atoms with E-state index in [1.54, 1.807) is 6.92 Å². The Kier molecular flexibility index (Phi) is 5.82. The van der Waals surface area contributed by atoms with E-state index in [1.807, 2.05) is 11.9 Å².